The first kappa shape index (κ1) is 20.8. The van der Waals surface area contributed by atoms with Crippen LogP contribution in [-0.4, -0.2) is 31.6 Å². The first-order valence-electron chi connectivity index (χ1n) is 9.67. The first-order chi connectivity index (χ1) is 12.3. The second kappa shape index (κ2) is 10.6. The van der Waals surface area contributed by atoms with Crippen LogP contribution >= 0.6 is 12.4 Å². The van der Waals surface area contributed by atoms with Gasteiger partial charge in [-0.2, -0.15) is 0 Å². The van der Waals surface area contributed by atoms with Crippen LogP contribution in [0, 0.1) is 0 Å². The lowest BCUT2D eigenvalue weighted by Crippen LogP contribution is -2.34. The van der Waals surface area contributed by atoms with E-state index in [4.69, 9.17) is 4.74 Å². The van der Waals surface area contributed by atoms with E-state index in [1.165, 1.54) is 43.2 Å². The highest BCUT2D eigenvalue weighted by Crippen LogP contribution is 2.30. The van der Waals surface area contributed by atoms with E-state index >= 15 is 0 Å². The molecular weight excluding hydrogens is 342 g/mol. The molecule has 1 aliphatic rings. The molecule has 0 bridgehead atoms. The van der Waals surface area contributed by atoms with E-state index in [0.717, 1.165) is 24.8 Å². The molecule has 0 aromatic heterocycles. The summed E-state index contributed by atoms with van der Waals surface area (Å²) in [4.78, 5) is 2.60. The molecule has 0 amide bonds. The Hall–Kier alpha value is -1.51. The Kier molecular flexibility index (Phi) is 8.47. The van der Waals surface area contributed by atoms with E-state index in [2.05, 4.69) is 66.5 Å². The number of rotatable bonds is 7. The fourth-order valence-electron chi connectivity index (χ4n) is 4.08. The van der Waals surface area contributed by atoms with Crippen LogP contribution in [0.1, 0.15) is 55.6 Å². The molecule has 1 saturated carbocycles. The van der Waals surface area contributed by atoms with Crippen molar-refractivity contribution in [2.75, 3.05) is 20.7 Å². The van der Waals surface area contributed by atoms with Gasteiger partial charge in [-0.05, 0) is 56.1 Å². The summed E-state index contributed by atoms with van der Waals surface area (Å²) in [5.41, 5.74) is 2.79. The van der Waals surface area contributed by atoms with Crippen LogP contribution in [-0.2, 0) is 0 Å². The fraction of sp³-hybridized carbons (Fsp3) is 0.478. The van der Waals surface area contributed by atoms with E-state index in [1.807, 2.05) is 0 Å². The average molecular weight is 374 g/mol. The Bertz CT molecular complexity index is 622. The standard InChI is InChI=1S/C23H31NO.ClH/c1-24(21-11-7-4-8-12-21)18-17-23(19-9-5-3-6-10-19)20-13-15-22(25-2)16-14-20;/h3,5-6,9-10,13-16,21,23H,4,7-8,11-12,17-18H2,1-2H3;1H. The molecule has 2 aromatic rings. The van der Waals surface area contributed by atoms with Crippen molar-refractivity contribution in [1.29, 1.82) is 0 Å². The number of hydrogen-bond donors (Lipinski definition) is 0. The lowest BCUT2D eigenvalue weighted by Gasteiger charge is -2.32. The van der Waals surface area contributed by atoms with Gasteiger partial charge in [-0.1, -0.05) is 61.7 Å². The van der Waals surface area contributed by atoms with Crippen molar-refractivity contribution in [3.8, 4) is 5.75 Å². The van der Waals surface area contributed by atoms with Crippen molar-refractivity contribution in [1.82, 2.24) is 4.90 Å². The molecule has 0 aliphatic heterocycles. The monoisotopic (exact) mass is 373 g/mol. The van der Waals surface area contributed by atoms with Crippen LogP contribution in [0.3, 0.4) is 0 Å². The quantitative estimate of drug-likeness (QED) is 0.598. The minimum Gasteiger partial charge on any atom is -0.497 e. The van der Waals surface area contributed by atoms with Crippen LogP contribution < -0.4 is 4.74 Å². The molecule has 1 aliphatic carbocycles. The zero-order valence-electron chi connectivity index (χ0n) is 16.1. The van der Waals surface area contributed by atoms with Crippen LogP contribution in [0.5, 0.6) is 5.75 Å². The van der Waals surface area contributed by atoms with Gasteiger partial charge in [0.05, 0.1) is 7.11 Å². The normalized spacial score (nSPS) is 16.1. The van der Waals surface area contributed by atoms with E-state index in [1.54, 1.807) is 7.11 Å². The predicted octanol–water partition coefficient (Wildman–Crippen LogP) is 5.90. The molecule has 2 aromatic carbocycles. The van der Waals surface area contributed by atoms with Crippen molar-refractivity contribution in [2.24, 2.45) is 0 Å². The number of ether oxygens (including phenoxy) is 1. The van der Waals surface area contributed by atoms with Gasteiger partial charge in [-0.3, -0.25) is 0 Å². The van der Waals surface area contributed by atoms with Crippen LogP contribution in [0.15, 0.2) is 54.6 Å². The van der Waals surface area contributed by atoms with Crippen molar-refractivity contribution in [3.05, 3.63) is 65.7 Å². The first-order valence-corrected chi connectivity index (χ1v) is 9.67. The van der Waals surface area contributed by atoms with Crippen molar-refractivity contribution in [3.63, 3.8) is 0 Å². The minimum atomic E-state index is 0. The average Bonchev–Trinajstić information content (AvgIpc) is 2.70. The topological polar surface area (TPSA) is 12.5 Å². The maximum Gasteiger partial charge on any atom is 0.118 e. The number of nitrogens with zero attached hydrogens (tertiary/aromatic N) is 1. The van der Waals surface area contributed by atoms with Gasteiger partial charge in [0.2, 0.25) is 0 Å². The minimum absolute atomic E-state index is 0. The molecule has 2 nitrogen and oxygen atoms in total. The molecule has 1 atom stereocenters. The molecule has 3 heteroatoms. The summed E-state index contributed by atoms with van der Waals surface area (Å²) in [6.07, 6.45) is 8.11. The summed E-state index contributed by atoms with van der Waals surface area (Å²) in [6.45, 7) is 1.15. The largest absolute Gasteiger partial charge is 0.497 e. The SMILES string of the molecule is COc1ccc(C(CCN(C)C2CCCCC2)c2ccccc2)cc1.Cl. The smallest absolute Gasteiger partial charge is 0.118 e. The maximum absolute atomic E-state index is 5.32. The van der Waals surface area contributed by atoms with Crippen molar-refractivity contribution in [2.45, 2.75) is 50.5 Å². The van der Waals surface area contributed by atoms with Gasteiger partial charge in [0.15, 0.2) is 0 Å². The molecule has 0 spiro atoms. The summed E-state index contributed by atoms with van der Waals surface area (Å²) in [5, 5.41) is 0. The zero-order chi connectivity index (χ0) is 17.5. The van der Waals surface area contributed by atoms with Gasteiger partial charge >= 0.3 is 0 Å². The highest BCUT2D eigenvalue weighted by atomic mass is 35.5. The van der Waals surface area contributed by atoms with E-state index in [0.29, 0.717) is 5.92 Å². The lowest BCUT2D eigenvalue weighted by atomic mass is 9.87. The number of benzene rings is 2. The fourth-order valence-corrected chi connectivity index (χ4v) is 4.08. The highest BCUT2D eigenvalue weighted by Gasteiger charge is 2.20. The lowest BCUT2D eigenvalue weighted by molar-refractivity contribution is 0.188. The Morgan fingerprint density at radius 1 is 0.923 bits per heavy atom. The molecule has 1 unspecified atom stereocenters. The summed E-state index contributed by atoms with van der Waals surface area (Å²) in [6, 6.07) is 20.3. The van der Waals surface area contributed by atoms with Gasteiger partial charge in [0.25, 0.3) is 0 Å². The Morgan fingerprint density at radius 3 is 2.15 bits per heavy atom. The number of methoxy groups -OCH3 is 1. The van der Waals surface area contributed by atoms with Gasteiger partial charge in [-0.25, -0.2) is 0 Å². The summed E-state index contributed by atoms with van der Waals surface area (Å²) in [7, 11) is 4.04. The Balaban J connectivity index is 0.00000243. The van der Waals surface area contributed by atoms with Crippen molar-refractivity contribution >= 4 is 12.4 Å². The molecular formula is C23H32ClNO. The van der Waals surface area contributed by atoms with Gasteiger partial charge < -0.3 is 9.64 Å². The maximum atomic E-state index is 5.32. The second-order valence-electron chi connectivity index (χ2n) is 7.30. The third-order valence-corrected chi connectivity index (χ3v) is 5.69. The summed E-state index contributed by atoms with van der Waals surface area (Å²) < 4.78 is 5.32. The molecule has 142 valence electrons. The third-order valence-electron chi connectivity index (χ3n) is 5.69. The number of hydrogen-bond acceptors (Lipinski definition) is 2. The molecule has 3 rings (SSSR count). The summed E-state index contributed by atoms with van der Waals surface area (Å²) in [5.74, 6) is 1.37. The highest BCUT2D eigenvalue weighted by molar-refractivity contribution is 5.85. The molecule has 1 fully saturated rings. The molecule has 0 radical (unpaired) electrons. The van der Waals surface area contributed by atoms with Gasteiger partial charge in [0.1, 0.15) is 5.75 Å². The summed E-state index contributed by atoms with van der Waals surface area (Å²) >= 11 is 0. The predicted molar refractivity (Wildman–Crippen MR) is 113 cm³/mol. The Labute approximate surface area is 165 Å². The van der Waals surface area contributed by atoms with E-state index in [9.17, 15) is 0 Å². The van der Waals surface area contributed by atoms with Crippen LogP contribution in [0.4, 0.5) is 0 Å². The van der Waals surface area contributed by atoms with Gasteiger partial charge in [0, 0.05) is 12.0 Å². The third kappa shape index (κ3) is 5.49. The molecule has 0 saturated heterocycles. The molecule has 0 heterocycles. The molecule has 26 heavy (non-hydrogen) atoms. The Morgan fingerprint density at radius 2 is 1.54 bits per heavy atom. The van der Waals surface area contributed by atoms with E-state index in [-0.39, 0.29) is 12.4 Å². The van der Waals surface area contributed by atoms with Crippen LogP contribution in [0.25, 0.3) is 0 Å². The molecule has 0 N–H and O–H groups in total. The zero-order valence-corrected chi connectivity index (χ0v) is 16.9. The number of halogens is 1. The van der Waals surface area contributed by atoms with Crippen molar-refractivity contribution < 1.29 is 4.74 Å². The second-order valence-corrected chi connectivity index (χ2v) is 7.30. The van der Waals surface area contributed by atoms with Gasteiger partial charge in [-0.15, -0.1) is 12.4 Å². The van der Waals surface area contributed by atoms with Crippen LogP contribution in [0.2, 0.25) is 0 Å². The van der Waals surface area contributed by atoms with E-state index < -0.39 is 0 Å².